The molecular formula is C23H21FN2O2S. The molecule has 1 heterocycles. The maximum absolute atomic E-state index is 14.2. The van der Waals surface area contributed by atoms with Gasteiger partial charge in [-0.25, -0.2) is 14.9 Å². The summed E-state index contributed by atoms with van der Waals surface area (Å²) in [5, 5.41) is 10.6. The van der Waals surface area contributed by atoms with E-state index in [9.17, 15) is 14.4 Å². The number of amides is 1. The van der Waals surface area contributed by atoms with Crippen molar-refractivity contribution in [3.05, 3.63) is 70.0 Å². The number of thiazole rings is 1. The van der Waals surface area contributed by atoms with E-state index in [1.807, 2.05) is 6.08 Å². The molecule has 0 bridgehead atoms. The van der Waals surface area contributed by atoms with Gasteiger partial charge in [0.1, 0.15) is 5.82 Å². The molecule has 2 aliphatic carbocycles. The molecule has 2 aliphatic rings. The minimum atomic E-state index is -1.09. The summed E-state index contributed by atoms with van der Waals surface area (Å²) in [6.07, 6.45) is 5.47. The standard InChI is InChI=1S/C23H21FN2O2S/c1-13-17(3-2-4-18(13)24)23(22(27)26-28)10-9-16(12-23)15-7-8-20-19(11-15)25-21(29-20)14-5-6-14/h2-4,7-8,11-12,14,28H,5-6,9-10H2,1H3,(H,26,27)/t23-/m0/s1. The van der Waals surface area contributed by atoms with Gasteiger partial charge in [0.05, 0.1) is 20.6 Å². The molecule has 4 nitrogen and oxygen atoms in total. The van der Waals surface area contributed by atoms with Crippen LogP contribution < -0.4 is 5.48 Å². The molecule has 1 fully saturated rings. The Balaban J connectivity index is 1.59. The Morgan fingerprint density at radius 2 is 2.14 bits per heavy atom. The highest BCUT2D eigenvalue weighted by molar-refractivity contribution is 7.18. The number of aromatic nitrogens is 1. The number of carbonyl (C=O) groups is 1. The fourth-order valence-electron chi connectivity index (χ4n) is 4.36. The predicted molar refractivity (Wildman–Crippen MR) is 112 cm³/mol. The van der Waals surface area contributed by atoms with E-state index in [1.165, 1.54) is 28.6 Å². The van der Waals surface area contributed by atoms with Crippen molar-refractivity contribution in [1.82, 2.24) is 10.5 Å². The number of carbonyl (C=O) groups excluding carboxylic acids is 1. The van der Waals surface area contributed by atoms with Crippen LogP contribution >= 0.6 is 11.3 Å². The SMILES string of the molecule is Cc1c(F)cccc1[C@@]1(C(=O)NO)C=C(c2ccc3sc(C4CC4)nc3c2)CC1. The number of rotatable bonds is 4. The summed E-state index contributed by atoms with van der Waals surface area (Å²) in [6.45, 7) is 1.67. The molecule has 0 aliphatic heterocycles. The maximum atomic E-state index is 14.2. The average Bonchev–Trinajstić information content (AvgIpc) is 3.34. The topological polar surface area (TPSA) is 62.2 Å². The van der Waals surface area contributed by atoms with Crippen LogP contribution in [0.15, 0.2) is 42.5 Å². The fraction of sp³-hybridized carbons (Fsp3) is 0.304. The van der Waals surface area contributed by atoms with Crippen molar-refractivity contribution in [2.75, 3.05) is 0 Å². The second-order valence-corrected chi connectivity index (χ2v) is 9.07. The quantitative estimate of drug-likeness (QED) is 0.458. The summed E-state index contributed by atoms with van der Waals surface area (Å²) in [4.78, 5) is 17.5. The van der Waals surface area contributed by atoms with Gasteiger partial charge in [0.2, 0.25) is 0 Å². The minimum absolute atomic E-state index is 0.356. The van der Waals surface area contributed by atoms with E-state index in [0.717, 1.165) is 16.7 Å². The molecule has 29 heavy (non-hydrogen) atoms. The van der Waals surface area contributed by atoms with E-state index in [4.69, 9.17) is 4.98 Å². The first-order valence-corrected chi connectivity index (χ1v) is 10.7. The number of nitrogens with zero attached hydrogens (tertiary/aromatic N) is 1. The Bertz CT molecular complexity index is 1160. The van der Waals surface area contributed by atoms with Gasteiger partial charge in [-0.3, -0.25) is 10.0 Å². The van der Waals surface area contributed by atoms with Crippen molar-refractivity contribution in [1.29, 1.82) is 0 Å². The summed E-state index contributed by atoms with van der Waals surface area (Å²) >= 11 is 1.76. The second-order valence-electron chi connectivity index (χ2n) is 8.00. The molecule has 0 saturated heterocycles. The third kappa shape index (κ3) is 2.98. The summed E-state index contributed by atoms with van der Waals surface area (Å²) in [6, 6.07) is 11.0. The molecule has 1 atom stereocenters. The molecule has 0 radical (unpaired) electrons. The molecular weight excluding hydrogens is 387 g/mol. The number of hydrogen-bond acceptors (Lipinski definition) is 4. The Hall–Kier alpha value is -2.57. The van der Waals surface area contributed by atoms with E-state index >= 15 is 0 Å². The van der Waals surface area contributed by atoms with Crippen LogP contribution in [-0.2, 0) is 10.2 Å². The highest BCUT2D eigenvalue weighted by atomic mass is 32.1. The Morgan fingerprint density at radius 1 is 1.31 bits per heavy atom. The maximum Gasteiger partial charge on any atom is 0.257 e. The van der Waals surface area contributed by atoms with Crippen LogP contribution in [0.25, 0.3) is 15.8 Å². The van der Waals surface area contributed by atoms with E-state index in [-0.39, 0.29) is 5.82 Å². The minimum Gasteiger partial charge on any atom is -0.289 e. The zero-order valence-corrected chi connectivity index (χ0v) is 16.9. The van der Waals surface area contributed by atoms with Gasteiger partial charge in [-0.2, -0.15) is 0 Å². The highest BCUT2D eigenvalue weighted by Crippen LogP contribution is 2.46. The summed E-state index contributed by atoms with van der Waals surface area (Å²) in [5.41, 5.74) is 4.75. The number of nitrogens with one attached hydrogen (secondary N) is 1. The second kappa shape index (κ2) is 6.75. The summed E-state index contributed by atoms with van der Waals surface area (Å²) < 4.78 is 15.4. The van der Waals surface area contributed by atoms with Gasteiger partial charge in [-0.1, -0.05) is 24.3 Å². The lowest BCUT2D eigenvalue weighted by molar-refractivity contribution is -0.133. The van der Waals surface area contributed by atoms with Gasteiger partial charge in [-0.05, 0) is 73.1 Å². The molecule has 2 N–H and O–H groups in total. The van der Waals surface area contributed by atoms with Gasteiger partial charge in [0.15, 0.2) is 0 Å². The van der Waals surface area contributed by atoms with Crippen LogP contribution in [0, 0.1) is 12.7 Å². The zero-order chi connectivity index (χ0) is 20.2. The number of fused-ring (bicyclic) bond motifs is 1. The first-order chi connectivity index (χ1) is 14.0. The van der Waals surface area contributed by atoms with Crippen LogP contribution in [0.4, 0.5) is 4.39 Å². The van der Waals surface area contributed by atoms with Crippen molar-refractivity contribution >= 4 is 33.0 Å². The first kappa shape index (κ1) is 18.5. The number of benzene rings is 2. The number of hydrogen-bond donors (Lipinski definition) is 2. The van der Waals surface area contributed by atoms with Gasteiger partial charge in [0, 0.05) is 5.92 Å². The molecule has 5 rings (SSSR count). The van der Waals surface area contributed by atoms with E-state index in [2.05, 4.69) is 18.2 Å². The van der Waals surface area contributed by atoms with E-state index < -0.39 is 11.3 Å². The van der Waals surface area contributed by atoms with E-state index in [0.29, 0.717) is 29.9 Å². The zero-order valence-electron chi connectivity index (χ0n) is 16.0. The molecule has 3 aromatic rings. The van der Waals surface area contributed by atoms with Gasteiger partial charge >= 0.3 is 0 Å². The summed E-state index contributed by atoms with van der Waals surface area (Å²) in [5.74, 6) is -0.267. The molecule has 1 amide bonds. The highest BCUT2D eigenvalue weighted by Gasteiger charge is 2.43. The smallest absolute Gasteiger partial charge is 0.257 e. The van der Waals surface area contributed by atoms with Gasteiger partial charge in [-0.15, -0.1) is 11.3 Å². The van der Waals surface area contributed by atoms with Crippen molar-refractivity contribution in [3.8, 4) is 0 Å². The van der Waals surface area contributed by atoms with Crippen molar-refractivity contribution in [3.63, 3.8) is 0 Å². The lowest BCUT2D eigenvalue weighted by Gasteiger charge is -2.27. The monoisotopic (exact) mass is 408 g/mol. The third-order valence-electron chi connectivity index (χ3n) is 6.17. The van der Waals surface area contributed by atoms with Crippen LogP contribution in [0.1, 0.15) is 53.3 Å². The fourth-order valence-corrected chi connectivity index (χ4v) is 5.47. The van der Waals surface area contributed by atoms with Gasteiger partial charge < -0.3 is 0 Å². The van der Waals surface area contributed by atoms with Gasteiger partial charge in [0.25, 0.3) is 5.91 Å². The Labute approximate surface area is 172 Å². The van der Waals surface area contributed by atoms with Crippen molar-refractivity contribution in [2.24, 2.45) is 0 Å². The molecule has 2 aromatic carbocycles. The third-order valence-corrected chi connectivity index (χ3v) is 7.36. The normalized spacial score (nSPS) is 21.4. The Morgan fingerprint density at radius 3 is 2.90 bits per heavy atom. The van der Waals surface area contributed by atoms with Crippen molar-refractivity contribution < 1.29 is 14.4 Å². The molecule has 1 aromatic heterocycles. The lowest BCUT2D eigenvalue weighted by atomic mass is 9.77. The number of hydroxylamine groups is 1. The molecule has 6 heteroatoms. The van der Waals surface area contributed by atoms with Crippen LogP contribution in [0.2, 0.25) is 0 Å². The lowest BCUT2D eigenvalue weighted by Crippen LogP contribution is -2.41. The number of allylic oxidation sites excluding steroid dienone is 1. The van der Waals surface area contributed by atoms with Crippen molar-refractivity contribution in [2.45, 2.75) is 43.9 Å². The average molecular weight is 408 g/mol. The first-order valence-electron chi connectivity index (χ1n) is 9.84. The van der Waals surface area contributed by atoms with Crippen LogP contribution in [0.3, 0.4) is 0 Å². The molecule has 1 saturated carbocycles. The van der Waals surface area contributed by atoms with E-state index in [1.54, 1.807) is 35.9 Å². The largest absolute Gasteiger partial charge is 0.289 e. The van der Waals surface area contributed by atoms with Crippen LogP contribution in [0.5, 0.6) is 0 Å². The predicted octanol–water partition coefficient (Wildman–Crippen LogP) is 5.24. The molecule has 0 spiro atoms. The molecule has 148 valence electrons. The summed E-state index contributed by atoms with van der Waals surface area (Å²) in [7, 11) is 0. The molecule has 0 unspecified atom stereocenters. The number of halogens is 1. The Kier molecular flexibility index (Phi) is 4.29. The van der Waals surface area contributed by atoms with Crippen LogP contribution in [-0.4, -0.2) is 16.1 Å².